The minimum Gasteiger partial charge on any atom is -0.489 e. The van der Waals surface area contributed by atoms with Crippen molar-refractivity contribution >= 4 is 5.70 Å². The van der Waals surface area contributed by atoms with Crippen molar-refractivity contribution in [1.82, 2.24) is 5.48 Å². The molecule has 1 N–H and O–H groups in total. The average Bonchev–Trinajstić information content (AvgIpc) is 2.28. The summed E-state index contributed by atoms with van der Waals surface area (Å²) >= 11 is 0. The number of hydrogen-bond donors (Lipinski definition) is 1. The van der Waals surface area contributed by atoms with Gasteiger partial charge in [-0.25, -0.2) is 0 Å². The zero-order valence-corrected chi connectivity index (χ0v) is 8.97. The van der Waals surface area contributed by atoms with Gasteiger partial charge < -0.3 is 4.74 Å². The van der Waals surface area contributed by atoms with Crippen LogP contribution in [0.5, 0.6) is 5.75 Å². The van der Waals surface area contributed by atoms with Crippen LogP contribution in [0.25, 0.3) is 5.70 Å². The first-order valence-electron chi connectivity index (χ1n) is 4.86. The van der Waals surface area contributed by atoms with Gasteiger partial charge in [0.1, 0.15) is 12.4 Å². The second-order valence-corrected chi connectivity index (χ2v) is 3.44. The molecule has 0 amide bonds. The van der Waals surface area contributed by atoms with Crippen molar-refractivity contribution in [2.24, 2.45) is 0 Å². The molecular formula is C11H10F3NO2. The molecule has 2 rings (SSSR count). The Labute approximate surface area is 95.8 Å². The summed E-state index contributed by atoms with van der Waals surface area (Å²) in [5, 5.41) is 0. The van der Waals surface area contributed by atoms with Crippen LogP contribution in [0.1, 0.15) is 11.1 Å². The Bertz CT molecular complexity index is 455. The molecule has 0 unspecified atom stereocenters. The van der Waals surface area contributed by atoms with Gasteiger partial charge in [0, 0.05) is 5.56 Å². The van der Waals surface area contributed by atoms with Crippen molar-refractivity contribution in [2.45, 2.75) is 6.18 Å². The van der Waals surface area contributed by atoms with E-state index in [2.05, 4.69) is 5.48 Å². The number of nitrogens with one attached hydrogen (secondary N) is 1. The van der Waals surface area contributed by atoms with Gasteiger partial charge in [0.2, 0.25) is 0 Å². The topological polar surface area (TPSA) is 30.5 Å². The molecule has 1 aromatic carbocycles. The molecule has 1 aliphatic rings. The Balaban J connectivity index is 2.38. The van der Waals surface area contributed by atoms with E-state index in [0.29, 0.717) is 11.3 Å². The van der Waals surface area contributed by atoms with Crippen LogP contribution >= 0.6 is 0 Å². The highest BCUT2D eigenvalue weighted by atomic mass is 19.4. The molecule has 0 aromatic heterocycles. The van der Waals surface area contributed by atoms with E-state index in [0.717, 1.165) is 12.1 Å². The third-order valence-corrected chi connectivity index (χ3v) is 2.34. The molecule has 17 heavy (non-hydrogen) atoms. The lowest BCUT2D eigenvalue weighted by molar-refractivity contribution is -0.137. The highest BCUT2D eigenvalue weighted by molar-refractivity contribution is 5.70. The summed E-state index contributed by atoms with van der Waals surface area (Å²) in [6.07, 6.45) is -2.67. The van der Waals surface area contributed by atoms with E-state index in [1.54, 1.807) is 6.08 Å². The Morgan fingerprint density at radius 1 is 1.35 bits per heavy atom. The van der Waals surface area contributed by atoms with E-state index < -0.39 is 11.7 Å². The normalized spacial score (nSPS) is 14.7. The molecule has 1 aliphatic heterocycles. The molecule has 0 radical (unpaired) electrons. The predicted octanol–water partition coefficient (Wildman–Crippen LogP) is 2.59. The van der Waals surface area contributed by atoms with E-state index in [-0.39, 0.29) is 12.4 Å². The Morgan fingerprint density at radius 2 is 2.12 bits per heavy atom. The van der Waals surface area contributed by atoms with Crippen LogP contribution in [-0.4, -0.2) is 13.7 Å². The fourth-order valence-corrected chi connectivity index (χ4v) is 1.57. The molecule has 92 valence electrons. The van der Waals surface area contributed by atoms with Crippen LogP contribution < -0.4 is 10.2 Å². The number of hydrogen-bond acceptors (Lipinski definition) is 3. The van der Waals surface area contributed by atoms with E-state index in [4.69, 9.17) is 9.57 Å². The molecule has 1 heterocycles. The molecule has 0 saturated heterocycles. The van der Waals surface area contributed by atoms with Crippen molar-refractivity contribution in [3.8, 4) is 5.75 Å². The van der Waals surface area contributed by atoms with Crippen molar-refractivity contribution in [2.75, 3.05) is 13.7 Å². The SMILES string of the molecule is CONC1=CCOc2cc(C(F)(F)F)ccc21. The maximum atomic E-state index is 12.5. The standard InChI is InChI=1S/C11H10F3NO2/c1-16-15-9-4-5-17-10-6-7(11(12,13)14)2-3-8(9)10/h2-4,6,15H,5H2,1H3. The lowest BCUT2D eigenvalue weighted by Crippen LogP contribution is -2.17. The molecule has 0 spiro atoms. The predicted molar refractivity (Wildman–Crippen MR) is 55.1 cm³/mol. The smallest absolute Gasteiger partial charge is 0.416 e. The van der Waals surface area contributed by atoms with Crippen LogP contribution in [0.4, 0.5) is 13.2 Å². The first-order valence-corrected chi connectivity index (χ1v) is 4.86. The molecule has 0 atom stereocenters. The summed E-state index contributed by atoms with van der Waals surface area (Å²) in [6.45, 7) is 0.208. The van der Waals surface area contributed by atoms with Crippen LogP contribution in [0, 0.1) is 0 Å². The Kier molecular flexibility index (Phi) is 2.97. The second-order valence-electron chi connectivity index (χ2n) is 3.44. The number of rotatable bonds is 2. The molecular weight excluding hydrogens is 235 g/mol. The molecule has 0 fully saturated rings. The van der Waals surface area contributed by atoms with Crippen molar-refractivity contribution in [3.05, 3.63) is 35.4 Å². The summed E-state index contributed by atoms with van der Waals surface area (Å²) in [5.74, 6) is 0.196. The van der Waals surface area contributed by atoms with Gasteiger partial charge in [-0.2, -0.15) is 13.2 Å². The molecule has 3 nitrogen and oxygen atoms in total. The van der Waals surface area contributed by atoms with E-state index in [1.165, 1.54) is 13.2 Å². The number of hydroxylamine groups is 1. The van der Waals surface area contributed by atoms with Gasteiger partial charge in [0.05, 0.1) is 18.4 Å². The van der Waals surface area contributed by atoms with Gasteiger partial charge in [-0.1, -0.05) is 0 Å². The first kappa shape index (κ1) is 11.8. The van der Waals surface area contributed by atoms with Gasteiger partial charge >= 0.3 is 6.18 Å². The molecule has 0 saturated carbocycles. The summed E-state index contributed by atoms with van der Waals surface area (Å²) in [4.78, 5) is 4.74. The average molecular weight is 245 g/mol. The Hall–Kier alpha value is -1.69. The number of halogens is 3. The summed E-state index contributed by atoms with van der Waals surface area (Å²) in [6, 6.07) is 3.35. The summed E-state index contributed by atoms with van der Waals surface area (Å²) < 4.78 is 42.6. The van der Waals surface area contributed by atoms with Crippen molar-refractivity contribution in [1.29, 1.82) is 0 Å². The third kappa shape index (κ3) is 2.36. The van der Waals surface area contributed by atoms with E-state index >= 15 is 0 Å². The quantitative estimate of drug-likeness (QED) is 0.812. The van der Waals surface area contributed by atoms with Crippen LogP contribution in [0.15, 0.2) is 24.3 Å². The van der Waals surface area contributed by atoms with Gasteiger partial charge in [-0.15, -0.1) is 0 Å². The zero-order valence-electron chi connectivity index (χ0n) is 8.97. The fourth-order valence-electron chi connectivity index (χ4n) is 1.57. The largest absolute Gasteiger partial charge is 0.489 e. The first-order chi connectivity index (χ1) is 8.02. The molecule has 1 aromatic rings. The summed E-state index contributed by atoms with van der Waals surface area (Å²) in [7, 11) is 1.43. The third-order valence-electron chi connectivity index (χ3n) is 2.34. The maximum Gasteiger partial charge on any atom is 0.416 e. The second kappa shape index (κ2) is 4.29. The summed E-state index contributed by atoms with van der Waals surface area (Å²) in [5.41, 5.74) is 3.02. The van der Waals surface area contributed by atoms with E-state index in [9.17, 15) is 13.2 Å². The Morgan fingerprint density at radius 3 is 2.76 bits per heavy atom. The monoisotopic (exact) mass is 245 g/mol. The highest BCUT2D eigenvalue weighted by Gasteiger charge is 2.31. The molecule has 0 bridgehead atoms. The van der Waals surface area contributed by atoms with Gasteiger partial charge in [0.15, 0.2) is 0 Å². The van der Waals surface area contributed by atoms with Crippen LogP contribution in [0.3, 0.4) is 0 Å². The number of benzene rings is 1. The van der Waals surface area contributed by atoms with Crippen LogP contribution in [-0.2, 0) is 11.0 Å². The van der Waals surface area contributed by atoms with E-state index in [1.807, 2.05) is 0 Å². The minimum absolute atomic E-state index is 0.196. The lowest BCUT2D eigenvalue weighted by atomic mass is 10.1. The van der Waals surface area contributed by atoms with Crippen LogP contribution in [0.2, 0.25) is 0 Å². The van der Waals surface area contributed by atoms with Gasteiger partial charge in [0.25, 0.3) is 0 Å². The lowest BCUT2D eigenvalue weighted by Gasteiger charge is -2.20. The minimum atomic E-state index is -4.37. The van der Waals surface area contributed by atoms with Crippen molar-refractivity contribution in [3.63, 3.8) is 0 Å². The van der Waals surface area contributed by atoms with Gasteiger partial charge in [-0.05, 0) is 24.3 Å². The number of fused-ring (bicyclic) bond motifs is 1. The highest BCUT2D eigenvalue weighted by Crippen LogP contribution is 2.36. The number of ether oxygens (including phenoxy) is 1. The van der Waals surface area contributed by atoms with Crippen molar-refractivity contribution < 1.29 is 22.7 Å². The zero-order chi connectivity index (χ0) is 12.5. The number of alkyl halides is 3. The molecule has 0 aliphatic carbocycles. The fraction of sp³-hybridized carbons (Fsp3) is 0.273. The maximum absolute atomic E-state index is 12.5. The van der Waals surface area contributed by atoms with Gasteiger partial charge in [-0.3, -0.25) is 10.3 Å². The molecule has 6 heteroatoms.